The number of carbonyl (C=O) groups is 2. The Morgan fingerprint density at radius 2 is 1.45 bits per heavy atom. The fourth-order valence-corrected chi connectivity index (χ4v) is 5.44. The van der Waals surface area contributed by atoms with Gasteiger partial charge < -0.3 is 24.3 Å². The molecule has 228 valence electrons. The maximum absolute atomic E-state index is 11.8. The number of hydrogen-bond acceptors (Lipinski definition) is 6. The molecule has 2 aromatic heterocycles. The summed E-state index contributed by atoms with van der Waals surface area (Å²) in [5.74, 6) is -0.0499. The molecule has 9 nitrogen and oxygen atoms in total. The molecule has 1 saturated carbocycles. The van der Waals surface area contributed by atoms with E-state index in [9.17, 15) is 19.8 Å². The van der Waals surface area contributed by atoms with Gasteiger partial charge in [0.15, 0.2) is 0 Å². The Labute approximate surface area is 266 Å². The maximum Gasteiger partial charge on any atom is 0.335 e. The van der Waals surface area contributed by atoms with Gasteiger partial charge in [-0.25, -0.2) is 14.6 Å². The Morgan fingerprint density at radius 1 is 0.773 bits per heavy atom. The lowest BCUT2D eigenvalue weighted by atomic mass is 9.95. The van der Waals surface area contributed by atoms with Crippen LogP contribution in [0.1, 0.15) is 64.4 Å². The molecule has 0 amide bonds. The van der Waals surface area contributed by atoms with Crippen molar-refractivity contribution in [1.29, 1.82) is 0 Å². The van der Waals surface area contributed by atoms with E-state index in [1.165, 1.54) is 18.6 Å². The lowest BCUT2D eigenvalue weighted by Crippen LogP contribution is -2.14. The van der Waals surface area contributed by atoms with Crippen molar-refractivity contribution in [2.24, 2.45) is 0 Å². The summed E-state index contributed by atoms with van der Waals surface area (Å²) in [6, 6.07) is 21.1. The quantitative estimate of drug-likeness (QED) is 0.166. The second-order valence-electron chi connectivity index (χ2n) is 10.4. The molecule has 0 aliphatic heterocycles. The summed E-state index contributed by atoms with van der Waals surface area (Å²) < 4.78 is 14.1. The molecule has 2 heterocycles. The summed E-state index contributed by atoms with van der Waals surface area (Å²) in [6.45, 7) is 0.260. The fourth-order valence-electron chi connectivity index (χ4n) is 5.44. The summed E-state index contributed by atoms with van der Waals surface area (Å²) in [5, 5.41) is 19.1. The SMILES string of the molecule is Cl.Cl.O=C(O)c1cc(OCc2ccncc2)cc(Oc2ccc(-c3nc4cc(C(=O)O)ccc4n3C3CCCCC3)cc2)c1. The molecule has 5 aromatic rings. The second kappa shape index (κ2) is 14.2. The Morgan fingerprint density at radius 3 is 2.14 bits per heavy atom. The second-order valence-corrected chi connectivity index (χ2v) is 10.4. The van der Waals surface area contributed by atoms with Crippen molar-refractivity contribution < 1.29 is 29.3 Å². The molecule has 11 heteroatoms. The fraction of sp³-hybridized carbons (Fsp3) is 0.212. The molecule has 0 atom stereocenters. The predicted molar refractivity (Wildman–Crippen MR) is 171 cm³/mol. The molecule has 1 aliphatic rings. The molecule has 1 fully saturated rings. The molecule has 0 saturated heterocycles. The average Bonchev–Trinajstić information content (AvgIpc) is 3.40. The number of pyridine rings is 1. The van der Waals surface area contributed by atoms with E-state index >= 15 is 0 Å². The van der Waals surface area contributed by atoms with Gasteiger partial charge in [0, 0.05) is 30.1 Å². The molecule has 1 aliphatic carbocycles. The van der Waals surface area contributed by atoms with Gasteiger partial charge in [0.05, 0.1) is 22.2 Å². The standard InChI is InChI=1S/C33H29N3O6.2ClH/c37-32(38)23-8-11-30-29(18-23)35-31(36(30)25-4-2-1-3-5-25)22-6-9-26(10-7-22)42-28-17-24(33(39)40)16-27(19-28)41-20-21-12-14-34-15-13-21;;/h6-19,25H,1-5,20H2,(H,37,38)(H,39,40);2*1H. The Hall–Kier alpha value is -4.60. The molecule has 0 spiro atoms. The van der Waals surface area contributed by atoms with Crippen LogP contribution in [0, 0.1) is 0 Å². The number of carboxylic acid groups (broad SMARTS) is 2. The molecule has 0 bridgehead atoms. The van der Waals surface area contributed by atoms with E-state index in [0.717, 1.165) is 48.2 Å². The lowest BCUT2D eigenvalue weighted by Gasteiger charge is -2.25. The van der Waals surface area contributed by atoms with Crippen LogP contribution in [0.3, 0.4) is 0 Å². The van der Waals surface area contributed by atoms with Gasteiger partial charge in [0.2, 0.25) is 0 Å². The number of halogens is 2. The normalized spacial score (nSPS) is 13.0. The summed E-state index contributed by atoms with van der Waals surface area (Å²) in [4.78, 5) is 32.2. The van der Waals surface area contributed by atoms with Crippen LogP contribution in [0.2, 0.25) is 0 Å². The molecule has 44 heavy (non-hydrogen) atoms. The van der Waals surface area contributed by atoms with Gasteiger partial charge in [-0.3, -0.25) is 4.98 Å². The van der Waals surface area contributed by atoms with Gasteiger partial charge >= 0.3 is 11.9 Å². The zero-order valence-electron chi connectivity index (χ0n) is 23.6. The average molecular weight is 637 g/mol. The van der Waals surface area contributed by atoms with Crippen LogP contribution >= 0.6 is 24.8 Å². The highest BCUT2D eigenvalue weighted by molar-refractivity contribution is 5.93. The molecule has 3 aromatic carbocycles. The van der Waals surface area contributed by atoms with Crippen molar-refractivity contribution in [2.75, 3.05) is 0 Å². The number of imidazole rings is 1. The summed E-state index contributed by atoms with van der Waals surface area (Å²) in [7, 11) is 0. The molecular weight excluding hydrogens is 605 g/mol. The summed E-state index contributed by atoms with van der Waals surface area (Å²) in [5.41, 5.74) is 3.62. The van der Waals surface area contributed by atoms with E-state index in [0.29, 0.717) is 22.8 Å². The molecule has 0 radical (unpaired) electrons. The van der Waals surface area contributed by atoms with Crippen molar-refractivity contribution in [3.05, 3.63) is 102 Å². The third kappa shape index (κ3) is 7.12. The monoisotopic (exact) mass is 635 g/mol. The number of rotatable bonds is 9. The van der Waals surface area contributed by atoms with Gasteiger partial charge in [-0.05, 0) is 85.1 Å². The minimum atomic E-state index is -1.09. The van der Waals surface area contributed by atoms with Crippen molar-refractivity contribution in [1.82, 2.24) is 14.5 Å². The van der Waals surface area contributed by atoms with E-state index < -0.39 is 11.9 Å². The highest BCUT2D eigenvalue weighted by Crippen LogP contribution is 2.37. The number of aromatic carboxylic acids is 2. The largest absolute Gasteiger partial charge is 0.489 e. The molecule has 6 rings (SSSR count). The van der Waals surface area contributed by atoms with Crippen LogP contribution in [0.15, 0.2) is 85.2 Å². The number of fused-ring (bicyclic) bond motifs is 1. The number of hydrogen-bond donors (Lipinski definition) is 2. The van der Waals surface area contributed by atoms with E-state index in [2.05, 4.69) is 9.55 Å². The number of benzene rings is 3. The first kappa shape index (κ1) is 32.3. The van der Waals surface area contributed by atoms with Gasteiger partial charge in [0.1, 0.15) is 29.7 Å². The van der Waals surface area contributed by atoms with Gasteiger partial charge in [0.25, 0.3) is 0 Å². The maximum atomic E-state index is 11.8. The topological polar surface area (TPSA) is 124 Å². The molecule has 2 N–H and O–H groups in total. The van der Waals surface area contributed by atoms with Crippen LogP contribution < -0.4 is 9.47 Å². The zero-order chi connectivity index (χ0) is 29.1. The number of carboxylic acids is 2. The van der Waals surface area contributed by atoms with Gasteiger partial charge in [-0.15, -0.1) is 24.8 Å². The third-order valence-electron chi connectivity index (χ3n) is 7.51. The molecule has 0 unspecified atom stereocenters. The minimum Gasteiger partial charge on any atom is -0.489 e. The van der Waals surface area contributed by atoms with Crippen molar-refractivity contribution >= 4 is 47.8 Å². The van der Waals surface area contributed by atoms with E-state index in [1.807, 2.05) is 42.5 Å². The van der Waals surface area contributed by atoms with Crippen LogP contribution in [0.25, 0.3) is 22.4 Å². The van der Waals surface area contributed by atoms with E-state index in [-0.39, 0.29) is 48.6 Å². The van der Waals surface area contributed by atoms with Crippen molar-refractivity contribution in [3.8, 4) is 28.6 Å². The van der Waals surface area contributed by atoms with Crippen LogP contribution in [0.5, 0.6) is 17.2 Å². The number of nitrogens with zero attached hydrogens (tertiary/aromatic N) is 3. The first-order valence-corrected chi connectivity index (χ1v) is 13.9. The first-order valence-electron chi connectivity index (χ1n) is 13.9. The lowest BCUT2D eigenvalue weighted by molar-refractivity contribution is 0.0685. The Balaban J connectivity index is 0.00000221. The van der Waals surface area contributed by atoms with Crippen LogP contribution in [0.4, 0.5) is 0 Å². The smallest absolute Gasteiger partial charge is 0.335 e. The zero-order valence-corrected chi connectivity index (χ0v) is 25.2. The first-order chi connectivity index (χ1) is 20.4. The van der Waals surface area contributed by atoms with Crippen molar-refractivity contribution in [2.45, 2.75) is 44.8 Å². The molecular formula is C33H31Cl2N3O6. The van der Waals surface area contributed by atoms with Gasteiger partial charge in [-0.2, -0.15) is 0 Å². The van der Waals surface area contributed by atoms with Crippen molar-refractivity contribution in [3.63, 3.8) is 0 Å². The third-order valence-corrected chi connectivity index (χ3v) is 7.51. The van der Waals surface area contributed by atoms with E-state index in [4.69, 9.17) is 14.5 Å². The van der Waals surface area contributed by atoms with Crippen LogP contribution in [-0.2, 0) is 6.61 Å². The summed E-state index contributed by atoms with van der Waals surface area (Å²) in [6.07, 6.45) is 8.94. The predicted octanol–water partition coefficient (Wildman–Crippen LogP) is 8.21. The Bertz CT molecular complexity index is 1750. The van der Waals surface area contributed by atoms with Crippen LogP contribution in [-0.4, -0.2) is 36.7 Å². The highest BCUT2D eigenvalue weighted by atomic mass is 35.5. The minimum absolute atomic E-state index is 0. The van der Waals surface area contributed by atoms with E-state index in [1.54, 1.807) is 30.6 Å². The Kier molecular flexibility index (Phi) is 10.5. The summed E-state index contributed by atoms with van der Waals surface area (Å²) >= 11 is 0. The number of aromatic nitrogens is 3. The van der Waals surface area contributed by atoms with Gasteiger partial charge in [-0.1, -0.05) is 19.3 Å². The highest BCUT2D eigenvalue weighted by Gasteiger charge is 2.23. The number of ether oxygens (including phenoxy) is 2.